The van der Waals surface area contributed by atoms with Crippen LogP contribution in [0.1, 0.15) is 44.1 Å². The Morgan fingerprint density at radius 3 is 2.46 bits per heavy atom. The molecule has 0 unspecified atom stereocenters. The molecule has 0 radical (unpaired) electrons. The Morgan fingerprint density at radius 2 is 1.83 bits per heavy atom. The first-order chi connectivity index (χ1) is 16.8. The number of amides is 2. The van der Waals surface area contributed by atoms with E-state index in [0.717, 1.165) is 58.8 Å². The minimum atomic E-state index is -0.824. The number of nitrogen functional groups attached to an aromatic ring is 1. The van der Waals surface area contributed by atoms with E-state index >= 15 is 0 Å². The summed E-state index contributed by atoms with van der Waals surface area (Å²) in [6, 6.07) is 8.20. The molecule has 0 spiro atoms. The van der Waals surface area contributed by atoms with Crippen molar-refractivity contribution >= 4 is 29.3 Å². The van der Waals surface area contributed by atoms with Crippen LogP contribution in [-0.2, 0) is 19.1 Å². The van der Waals surface area contributed by atoms with E-state index < -0.39 is 5.97 Å². The number of carbonyl (C=O) groups is 3. The van der Waals surface area contributed by atoms with E-state index in [2.05, 4.69) is 10.1 Å². The molecule has 0 bridgehead atoms. The predicted octanol–water partition coefficient (Wildman–Crippen LogP) is 1.26. The molecule has 0 atom stereocenters. The van der Waals surface area contributed by atoms with Crippen molar-refractivity contribution in [2.75, 3.05) is 38.6 Å². The van der Waals surface area contributed by atoms with Gasteiger partial charge in [0.25, 0.3) is 0 Å². The van der Waals surface area contributed by atoms with Gasteiger partial charge in [-0.25, -0.2) is 4.79 Å². The smallest absolute Gasteiger partial charge is 0.352 e. The second-order valence-electron chi connectivity index (χ2n) is 8.23. The molecular formula is C24H33N7O4. The van der Waals surface area contributed by atoms with Crippen LogP contribution in [0.3, 0.4) is 0 Å². The molecule has 2 saturated heterocycles. The number of amidine groups is 1. The fraction of sp³-hybridized carbons (Fsp3) is 0.458. The number of hydrogen-bond acceptors (Lipinski definition) is 8. The zero-order valence-electron chi connectivity index (χ0n) is 20.0. The molecule has 2 aliphatic rings. The highest BCUT2D eigenvalue weighted by Gasteiger charge is 2.23. The van der Waals surface area contributed by atoms with Gasteiger partial charge in [0.15, 0.2) is 5.57 Å². The molecule has 3 rings (SSSR count). The zero-order valence-corrected chi connectivity index (χ0v) is 20.0. The first-order valence-corrected chi connectivity index (χ1v) is 11.5. The van der Waals surface area contributed by atoms with Gasteiger partial charge in [0.1, 0.15) is 17.7 Å². The Hall–Kier alpha value is -4.07. The summed E-state index contributed by atoms with van der Waals surface area (Å²) in [6.45, 7) is 2.82. The van der Waals surface area contributed by atoms with Crippen LogP contribution in [0.25, 0.3) is 0 Å². The molecule has 1 aromatic rings. The van der Waals surface area contributed by atoms with Crippen LogP contribution < -0.4 is 16.8 Å². The lowest BCUT2D eigenvalue weighted by Crippen LogP contribution is -2.41. The minimum absolute atomic E-state index is 0.0975. The van der Waals surface area contributed by atoms with Crippen LogP contribution in [0.2, 0.25) is 0 Å². The number of anilines is 1. The Bertz CT molecular complexity index is 1010. The van der Waals surface area contributed by atoms with Crippen molar-refractivity contribution in [3.63, 3.8) is 0 Å². The third kappa shape index (κ3) is 8.33. The molecule has 2 amide bonds. The van der Waals surface area contributed by atoms with E-state index in [0.29, 0.717) is 24.2 Å². The number of hydrogen-bond donors (Lipinski definition) is 4. The van der Waals surface area contributed by atoms with Crippen LogP contribution in [-0.4, -0.2) is 66.7 Å². The lowest BCUT2D eigenvalue weighted by atomic mass is 10.2. The van der Waals surface area contributed by atoms with Gasteiger partial charge in [-0.05, 0) is 37.8 Å². The Kier molecular flexibility index (Phi) is 10.6. The number of methoxy groups -OCH3 is 1. The van der Waals surface area contributed by atoms with E-state index in [4.69, 9.17) is 22.1 Å². The number of nitriles is 1. The minimum Gasteiger partial charge on any atom is -0.465 e. The number of carbonyl (C=O) groups excluding carboxylic acids is 3. The summed E-state index contributed by atoms with van der Waals surface area (Å²) in [5.41, 5.74) is 11.7. The molecule has 6 N–H and O–H groups in total. The topological polar surface area (TPSA) is 179 Å². The zero-order chi connectivity index (χ0) is 25.8. The number of esters is 1. The summed E-state index contributed by atoms with van der Waals surface area (Å²) in [5.74, 6) is -0.761. The normalized spacial score (nSPS) is 16.2. The van der Waals surface area contributed by atoms with Crippen molar-refractivity contribution in [3.8, 4) is 6.07 Å². The van der Waals surface area contributed by atoms with Crippen molar-refractivity contribution in [1.29, 1.82) is 10.7 Å². The largest absolute Gasteiger partial charge is 0.465 e. The number of nitrogens with one attached hydrogen (secondary N) is 2. The number of likely N-dealkylation sites (tertiary alicyclic amines) is 2. The third-order valence-electron chi connectivity index (χ3n) is 5.68. The fourth-order valence-corrected chi connectivity index (χ4v) is 3.74. The van der Waals surface area contributed by atoms with Crippen molar-refractivity contribution in [3.05, 3.63) is 41.2 Å². The van der Waals surface area contributed by atoms with Gasteiger partial charge in [-0.15, -0.1) is 0 Å². The monoisotopic (exact) mass is 483 g/mol. The second-order valence-corrected chi connectivity index (χ2v) is 8.23. The standard InChI is InChI=1S/C12H13N5O2.C12H20N2O2/c1-19-12(18)9(6-13)11(16)17-8-4-2-3-7(5-8)10(14)15;15-11-6-2-1-3-9-14(11)10-12(16)13-7-4-5-8-13/h2-5,17H,16H2,1H3,(H3,14,15);1-10H2/b11-9-;. The van der Waals surface area contributed by atoms with Crippen LogP contribution in [0.5, 0.6) is 0 Å². The Labute approximate surface area is 205 Å². The first kappa shape index (κ1) is 27.2. The van der Waals surface area contributed by atoms with Crippen molar-refractivity contribution in [2.24, 2.45) is 11.5 Å². The number of rotatable bonds is 6. The molecule has 35 heavy (non-hydrogen) atoms. The summed E-state index contributed by atoms with van der Waals surface area (Å²) in [4.78, 5) is 38.5. The van der Waals surface area contributed by atoms with E-state index in [-0.39, 0.29) is 29.0 Å². The van der Waals surface area contributed by atoms with Crippen LogP contribution in [0.4, 0.5) is 5.69 Å². The third-order valence-corrected chi connectivity index (χ3v) is 5.68. The SMILES string of the molecule is COC(=O)/C(C#N)=C(/N)Nc1cccc(C(=N)N)c1.O=C(CN1CCCCCC1=O)N1CCCC1. The van der Waals surface area contributed by atoms with Gasteiger partial charge < -0.3 is 31.3 Å². The predicted molar refractivity (Wildman–Crippen MR) is 131 cm³/mol. The van der Waals surface area contributed by atoms with Crippen molar-refractivity contribution < 1.29 is 19.1 Å². The first-order valence-electron chi connectivity index (χ1n) is 11.5. The summed E-state index contributed by atoms with van der Waals surface area (Å²) in [7, 11) is 1.16. The van der Waals surface area contributed by atoms with Gasteiger partial charge in [-0.2, -0.15) is 5.26 Å². The van der Waals surface area contributed by atoms with E-state index in [1.165, 1.54) is 0 Å². The van der Waals surface area contributed by atoms with E-state index in [9.17, 15) is 14.4 Å². The van der Waals surface area contributed by atoms with Gasteiger partial charge in [-0.1, -0.05) is 18.6 Å². The quantitative estimate of drug-likeness (QED) is 0.153. The lowest BCUT2D eigenvalue weighted by Gasteiger charge is -2.23. The maximum atomic E-state index is 11.9. The van der Waals surface area contributed by atoms with Crippen LogP contribution in [0.15, 0.2) is 35.7 Å². The molecule has 0 saturated carbocycles. The van der Waals surface area contributed by atoms with Gasteiger partial charge in [0, 0.05) is 37.3 Å². The molecule has 11 nitrogen and oxygen atoms in total. The van der Waals surface area contributed by atoms with Gasteiger partial charge in [0.05, 0.1) is 13.7 Å². The fourth-order valence-electron chi connectivity index (χ4n) is 3.74. The molecule has 1 aromatic carbocycles. The molecule has 2 aliphatic heterocycles. The average Bonchev–Trinajstić information content (AvgIpc) is 3.31. The molecule has 11 heteroatoms. The maximum absolute atomic E-state index is 11.9. The summed E-state index contributed by atoms with van der Waals surface area (Å²) < 4.78 is 4.43. The molecule has 2 fully saturated rings. The van der Waals surface area contributed by atoms with Gasteiger partial charge in [-0.3, -0.25) is 15.0 Å². The number of nitrogens with two attached hydrogens (primary N) is 2. The highest BCUT2D eigenvalue weighted by molar-refractivity contribution is 5.96. The van der Waals surface area contributed by atoms with Gasteiger partial charge in [0.2, 0.25) is 11.8 Å². The number of ether oxygens (including phenoxy) is 1. The number of nitrogens with zero attached hydrogens (tertiary/aromatic N) is 3. The van der Waals surface area contributed by atoms with Crippen LogP contribution >= 0.6 is 0 Å². The molecule has 0 aliphatic carbocycles. The van der Waals surface area contributed by atoms with E-state index in [1.54, 1.807) is 35.2 Å². The highest BCUT2D eigenvalue weighted by Crippen LogP contribution is 2.14. The molecule has 0 aromatic heterocycles. The average molecular weight is 484 g/mol. The molecular weight excluding hydrogens is 450 g/mol. The highest BCUT2D eigenvalue weighted by atomic mass is 16.5. The Morgan fingerprint density at radius 1 is 1.14 bits per heavy atom. The van der Waals surface area contributed by atoms with E-state index in [1.807, 2.05) is 4.90 Å². The summed E-state index contributed by atoms with van der Waals surface area (Å²) in [6.07, 6.45) is 5.97. The number of benzene rings is 1. The van der Waals surface area contributed by atoms with Crippen molar-refractivity contribution in [1.82, 2.24) is 9.80 Å². The maximum Gasteiger partial charge on any atom is 0.352 e. The molecule has 188 valence electrons. The summed E-state index contributed by atoms with van der Waals surface area (Å²) >= 11 is 0. The van der Waals surface area contributed by atoms with Crippen molar-refractivity contribution in [2.45, 2.75) is 38.5 Å². The van der Waals surface area contributed by atoms with Crippen LogP contribution in [0, 0.1) is 16.7 Å². The molecule has 2 heterocycles. The lowest BCUT2D eigenvalue weighted by molar-refractivity contribution is -0.139. The van der Waals surface area contributed by atoms with Gasteiger partial charge >= 0.3 is 5.97 Å². The summed E-state index contributed by atoms with van der Waals surface area (Å²) in [5, 5.41) is 18.8. The second kappa shape index (κ2) is 13.6. The Balaban J connectivity index is 0.000000250.